The minimum absolute atomic E-state index is 0.686. The molecule has 0 saturated carbocycles. The van der Waals surface area contributed by atoms with E-state index in [0.29, 0.717) is 5.92 Å². The predicted molar refractivity (Wildman–Crippen MR) is 110 cm³/mol. The lowest BCUT2D eigenvalue weighted by Crippen LogP contribution is -2.47. The highest BCUT2D eigenvalue weighted by Gasteiger charge is 2.47. The summed E-state index contributed by atoms with van der Waals surface area (Å²) < 4.78 is 128. The smallest absolute Gasteiger partial charge is 0.421 e. The third-order valence-corrected chi connectivity index (χ3v) is 9.44. The highest BCUT2D eigenvalue weighted by atomic mass is 32.3. The molecule has 34 heavy (non-hydrogen) atoms. The fourth-order valence-corrected chi connectivity index (χ4v) is 5.63. The minimum Gasteiger partial charge on any atom is -0.421 e. The van der Waals surface area contributed by atoms with Crippen molar-refractivity contribution in [3.05, 3.63) is 34.2 Å². The van der Waals surface area contributed by atoms with Gasteiger partial charge in [0.25, 0.3) is 0 Å². The zero-order chi connectivity index (χ0) is 27.0. The van der Waals surface area contributed by atoms with Crippen molar-refractivity contribution < 1.29 is 61.0 Å². The second kappa shape index (κ2) is 12.6. The molecule has 0 spiro atoms. The van der Waals surface area contributed by atoms with Gasteiger partial charge in [0.2, 0.25) is 0 Å². The number of hydrogen-bond donors (Lipinski definition) is 0. The summed E-state index contributed by atoms with van der Waals surface area (Å²) in [5, 5.41) is 0. The Balaban J connectivity index is 0.000000661. The number of alkyl halides is 6. The fourth-order valence-electron chi connectivity index (χ4n) is 2.28. The topological polar surface area (TPSA) is 114 Å². The summed E-state index contributed by atoms with van der Waals surface area (Å²) in [7, 11) is -11.0. The number of rotatable bonds is 10. The Morgan fingerprint density at radius 1 is 0.882 bits per heavy atom. The number of nitrogens with zero attached hydrogens (tertiary/aromatic N) is 2. The van der Waals surface area contributed by atoms with Crippen molar-refractivity contribution in [3.63, 3.8) is 0 Å². The highest BCUT2D eigenvalue weighted by molar-refractivity contribution is 8.13. The molecule has 18 heteroatoms. The summed E-state index contributed by atoms with van der Waals surface area (Å²) in [5.41, 5.74) is -11.0. The van der Waals surface area contributed by atoms with E-state index < -0.39 is 39.9 Å². The third kappa shape index (κ3) is 10.1. The summed E-state index contributed by atoms with van der Waals surface area (Å²) in [6.07, 6.45) is 5.34. The van der Waals surface area contributed by atoms with Crippen LogP contribution in [-0.2, 0) is 46.3 Å². The van der Waals surface area contributed by atoms with Gasteiger partial charge in [-0.15, -0.1) is 0 Å². The second-order valence-corrected chi connectivity index (χ2v) is 13.5. The molecule has 0 aliphatic heterocycles. The number of aromatic nitrogens is 1. The lowest BCUT2D eigenvalue weighted by Gasteiger charge is -2.22. The maximum atomic E-state index is 11.4. The molecule has 1 rings (SSSR count). The van der Waals surface area contributed by atoms with E-state index in [1.807, 2.05) is 0 Å². The van der Waals surface area contributed by atoms with Gasteiger partial charge in [0.1, 0.15) is 0 Å². The van der Waals surface area contributed by atoms with Crippen molar-refractivity contribution in [2.24, 2.45) is 5.92 Å². The van der Waals surface area contributed by atoms with Crippen LogP contribution in [-0.4, -0.2) is 58.0 Å². The van der Waals surface area contributed by atoms with Crippen LogP contribution in [0.2, 0.25) is 6.04 Å². The Morgan fingerprint density at radius 3 is 1.56 bits per heavy atom. The summed E-state index contributed by atoms with van der Waals surface area (Å²) in [6.45, 7) is 5.30. The largest absolute Gasteiger partial charge is 0.506 e. The fraction of sp³-hybridized carbons (Fsp3) is 0.688. The van der Waals surface area contributed by atoms with Crippen molar-refractivity contribution in [1.82, 2.24) is 0 Å². The molecule has 0 N–H and O–H groups in total. The Bertz CT molecular complexity index is 915. The molecule has 1 heterocycles. The van der Waals surface area contributed by atoms with Crippen molar-refractivity contribution in [2.45, 2.75) is 43.9 Å². The first-order chi connectivity index (χ1) is 15.3. The molecule has 0 bridgehead atoms. The lowest BCUT2D eigenvalue weighted by molar-refractivity contribution is -0.694. The molecule has 9 nitrogen and oxygen atoms in total. The van der Waals surface area contributed by atoms with Crippen LogP contribution in [0.25, 0.3) is 4.13 Å². The SMILES string of the molecule is CO[Si](CC[n+]1ccc(CC(C)C)cc1)(OC)OC.O=S(=O)([N-]S(=O)(=O)C(F)(F)F)C(F)(F)F. The van der Waals surface area contributed by atoms with Crippen LogP contribution in [0.3, 0.4) is 0 Å². The molecule has 1 aromatic rings. The number of aryl methyl sites for hydroxylation is 1. The van der Waals surface area contributed by atoms with Gasteiger partial charge in [-0.05, 0) is 17.9 Å². The van der Waals surface area contributed by atoms with Gasteiger partial charge in [-0.3, -0.25) is 0 Å². The Labute approximate surface area is 195 Å². The van der Waals surface area contributed by atoms with Crippen LogP contribution < -0.4 is 4.57 Å². The summed E-state index contributed by atoms with van der Waals surface area (Å²) in [6, 6.07) is 5.12. The van der Waals surface area contributed by atoms with Crippen LogP contribution in [0.4, 0.5) is 26.3 Å². The normalized spacial score (nSPS) is 13.5. The van der Waals surface area contributed by atoms with Gasteiger partial charge in [-0.2, -0.15) is 26.3 Å². The zero-order valence-electron chi connectivity index (χ0n) is 18.8. The lowest BCUT2D eigenvalue weighted by atomic mass is 10.0. The van der Waals surface area contributed by atoms with E-state index in [-0.39, 0.29) is 0 Å². The summed E-state index contributed by atoms with van der Waals surface area (Å²) in [4.78, 5) is 0. The maximum absolute atomic E-state index is 11.4. The van der Waals surface area contributed by atoms with Crippen molar-refractivity contribution >= 4 is 28.9 Å². The predicted octanol–water partition coefficient (Wildman–Crippen LogP) is 3.11. The van der Waals surface area contributed by atoms with Gasteiger partial charge in [0.05, 0.1) is 6.04 Å². The van der Waals surface area contributed by atoms with Crippen molar-refractivity contribution in [2.75, 3.05) is 21.3 Å². The Hall–Kier alpha value is -1.31. The van der Waals surface area contributed by atoms with Crippen molar-refractivity contribution in [1.29, 1.82) is 0 Å². The minimum atomic E-state index is -6.72. The molecule has 0 aliphatic carbocycles. The van der Waals surface area contributed by atoms with Crippen LogP contribution in [0.15, 0.2) is 24.5 Å². The summed E-state index contributed by atoms with van der Waals surface area (Å²) in [5.74, 6) is 0.686. The second-order valence-electron chi connectivity index (χ2n) is 7.00. The van der Waals surface area contributed by atoms with Gasteiger partial charge < -0.3 is 17.4 Å². The van der Waals surface area contributed by atoms with Crippen LogP contribution in [0.5, 0.6) is 0 Å². The molecule has 0 saturated heterocycles. The van der Waals surface area contributed by atoms with Gasteiger partial charge >= 0.3 is 19.8 Å². The first-order valence-corrected chi connectivity index (χ1v) is 14.1. The standard InChI is InChI=1S/C14H26NO3Si.C2F6NO4S2/c1-13(2)12-14-6-8-15(9-7-14)10-11-19(16-3,17-4)18-5;3-1(4,5)14(10,11)9-15(12,13)2(6,7)8/h6-9,13H,10-12H2,1-5H3;/q+1;-1. The van der Waals surface area contributed by atoms with Gasteiger partial charge in [-0.1, -0.05) is 13.8 Å². The Morgan fingerprint density at radius 2 is 1.26 bits per heavy atom. The molecule has 0 atom stereocenters. The zero-order valence-corrected chi connectivity index (χ0v) is 21.5. The summed E-state index contributed by atoms with van der Waals surface area (Å²) >= 11 is 0. The number of halogens is 6. The van der Waals surface area contributed by atoms with E-state index in [4.69, 9.17) is 13.3 Å². The van der Waals surface area contributed by atoms with Crippen LogP contribution in [0, 0.1) is 5.92 Å². The van der Waals surface area contributed by atoms with E-state index >= 15 is 0 Å². The van der Waals surface area contributed by atoms with E-state index in [9.17, 15) is 43.2 Å². The molecular formula is C16H26F6N2O7S2Si. The van der Waals surface area contributed by atoms with E-state index in [0.717, 1.165) is 23.1 Å². The molecule has 0 aliphatic rings. The van der Waals surface area contributed by atoms with Crippen LogP contribution >= 0.6 is 0 Å². The monoisotopic (exact) mass is 564 g/mol. The van der Waals surface area contributed by atoms with Crippen molar-refractivity contribution in [3.8, 4) is 0 Å². The molecule has 1 aromatic heterocycles. The number of pyridine rings is 1. The van der Waals surface area contributed by atoms with Crippen LogP contribution in [0.1, 0.15) is 19.4 Å². The van der Waals surface area contributed by atoms with Gasteiger partial charge in [0.15, 0.2) is 39.0 Å². The van der Waals surface area contributed by atoms with E-state index in [1.54, 1.807) is 21.3 Å². The molecule has 0 radical (unpaired) electrons. The molecular weight excluding hydrogens is 538 g/mol. The third-order valence-electron chi connectivity index (χ3n) is 3.99. The first-order valence-electron chi connectivity index (χ1n) is 9.26. The average Bonchev–Trinajstić information content (AvgIpc) is 2.68. The molecule has 0 fully saturated rings. The first kappa shape index (κ1) is 32.7. The average molecular weight is 565 g/mol. The highest BCUT2D eigenvalue weighted by Crippen LogP contribution is 2.36. The quantitative estimate of drug-likeness (QED) is 0.244. The van der Waals surface area contributed by atoms with Gasteiger partial charge in [-0.25, -0.2) is 21.4 Å². The van der Waals surface area contributed by atoms with E-state index in [2.05, 4.69) is 42.9 Å². The molecule has 0 unspecified atom stereocenters. The molecule has 200 valence electrons. The number of hydrogen-bond acceptors (Lipinski definition) is 7. The van der Waals surface area contributed by atoms with E-state index in [1.165, 1.54) is 5.56 Å². The number of sulfonamides is 2. The molecule has 0 amide bonds. The van der Waals surface area contributed by atoms with Gasteiger partial charge in [0, 0.05) is 33.5 Å². The maximum Gasteiger partial charge on any atom is 0.506 e. The molecule has 0 aromatic carbocycles. The Kier molecular flexibility index (Phi) is 12.1.